The maximum absolute atomic E-state index is 5.65. The van der Waals surface area contributed by atoms with E-state index >= 15 is 0 Å². The molecule has 0 radical (unpaired) electrons. The summed E-state index contributed by atoms with van der Waals surface area (Å²) in [5.74, 6) is 0.971. The molecule has 1 unspecified atom stereocenters. The van der Waals surface area contributed by atoms with Crippen LogP contribution in [0.2, 0.25) is 0 Å². The summed E-state index contributed by atoms with van der Waals surface area (Å²) in [4.78, 5) is 0. The van der Waals surface area contributed by atoms with Gasteiger partial charge >= 0.3 is 0 Å². The van der Waals surface area contributed by atoms with E-state index in [9.17, 15) is 0 Å². The first-order chi connectivity index (χ1) is 7.86. The maximum atomic E-state index is 5.65. The predicted octanol–water partition coefficient (Wildman–Crippen LogP) is 3.23. The molecule has 0 saturated carbocycles. The number of benzene rings is 1. The van der Waals surface area contributed by atoms with Crippen molar-refractivity contribution in [3.63, 3.8) is 0 Å². The Balaban J connectivity index is 2.11. The highest BCUT2D eigenvalue weighted by Crippen LogP contribution is 2.10. The fourth-order valence-electron chi connectivity index (χ4n) is 1.82. The lowest BCUT2D eigenvalue weighted by Crippen LogP contribution is -2.25. The van der Waals surface area contributed by atoms with Crippen molar-refractivity contribution in [2.45, 2.75) is 38.6 Å². The van der Waals surface area contributed by atoms with Gasteiger partial charge < -0.3 is 10.1 Å². The molecule has 1 atom stereocenters. The summed E-state index contributed by atoms with van der Waals surface area (Å²) in [6, 6.07) is 10.7. The number of hydrogen-bond donors (Lipinski definition) is 1. The van der Waals surface area contributed by atoms with Crippen molar-refractivity contribution in [2.24, 2.45) is 0 Å². The minimum atomic E-state index is 0.643. The standard InChI is InChI=1S/C14H23NO/c1-3-8-13(15-2)9-7-12-16-14-10-5-4-6-11-14/h4-6,10-11,13,15H,3,7-9,12H2,1-2H3. The molecule has 1 aromatic rings. The monoisotopic (exact) mass is 221 g/mol. The van der Waals surface area contributed by atoms with Crippen molar-refractivity contribution < 1.29 is 4.74 Å². The minimum Gasteiger partial charge on any atom is -0.494 e. The summed E-state index contributed by atoms with van der Waals surface area (Å²) in [5.41, 5.74) is 0. The molecular weight excluding hydrogens is 198 g/mol. The van der Waals surface area contributed by atoms with Crippen molar-refractivity contribution in [3.8, 4) is 5.75 Å². The molecule has 0 aliphatic heterocycles. The van der Waals surface area contributed by atoms with Gasteiger partial charge in [-0.25, -0.2) is 0 Å². The van der Waals surface area contributed by atoms with Gasteiger partial charge in [0.15, 0.2) is 0 Å². The smallest absolute Gasteiger partial charge is 0.119 e. The molecule has 0 heterocycles. The van der Waals surface area contributed by atoms with E-state index in [1.165, 1.54) is 19.3 Å². The van der Waals surface area contributed by atoms with E-state index in [2.05, 4.69) is 12.2 Å². The second kappa shape index (κ2) is 8.17. The molecule has 90 valence electrons. The van der Waals surface area contributed by atoms with Gasteiger partial charge in [0.25, 0.3) is 0 Å². The molecule has 16 heavy (non-hydrogen) atoms. The maximum Gasteiger partial charge on any atom is 0.119 e. The van der Waals surface area contributed by atoms with Crippen LogP contribution in [0.5, 0.6) is 5.75 Å². The number of rotatable bonds is 8. The van der Waals surface area contributed by atoms with Crippen molar-refractivity contribution in [3.05, 3.63) is 30.3 Å². The second-order valence-electron chi connectivity index (χ2n) is 4.08. The Labute approximate surface area is 99.0 Å². The van der Waals surface area contributed by atoms with Crippen LogP contribution < -0.4 is 10.1 Å². The Morgan fingerprint density at radius 2 is 1.94 bits per heavy atom. The highest BCUT2D eigenvalue weighted by atomic mass is 16.5. The Morgan fingerprint density at radius 1 is 1.19 bits per heavy atom. The van der Waals surface area contributed by atoms with E-state index in [1.54, 1.807) is 0 Å². The first-order valence-corrected chi connectivity index (χ1v) is 6.22. The van der Waals surface area contributed by atoms with Gasteiger partial charge in [0.1, 0.15) is 5.75 Å². The molecule has 0 amide bonds. The summed E-state index contributed by atoms with van der Waals surface area (Å²) in [6.45, 7) is 3.04. The quantitative estimate of drug-likeness (QED) is 0.680. The predicted molar refractivity (Wildman–Crippen MR) is 68.9 cm³/mol. The van der Waals surface area contributed by atoms with Crippen LogP contribution in [0.25, 0.3) is 0 Å². The van der Waals surface area contributed by atoms with E-state index in [4.69, 9.17) is 4.74 Å². The number of ether oxygens (including phenoxy) is 1. The Hall–Kier alpha value is -1.02. The van der Waals surface area contributed by atoms with Gasteiger partial charge in [-0.15, -0.1) is 0 Å². The minimum absolute atomic E-state index is 0.643. The number of nitrogens with one attached hydrogen (secondary N) is 1. The summed E-state index contributed by atoms with van der Waals surface area (Å²) in [5, 5.41) is 3.35. The van der Waals surface area contributed by atoms with Crippen LogP contribution in [-0.2, 0) is 0 Å². The third-order valence-electron chi connectivity index (χ3n) is 2.75. The molecule has 0 fully saturated rings. The SMILES string of the molecule is CCCC(CCCOc1ccccc1)NC. The number of hydrogen-bond acceptors (Lipinski definition) is 2. The lowest BCUT2D eigenvalue weighted by atomic mass is 10.1. The summed E-state index contributed by atoms with van der Waals surface area (Å²) >= 11 is 0. The van der Waals surface area contributed by atoms with Crippen molar-refractivity contribution in [1.82, 2.24) is 5.32 Å². The van der Waals surface area contributed by atoms with Gasteiger partial charge in [-0.05, 0) is 38.4 Å². The van der Waals surface area contributed by atoms with Crippen LogP contribution in [-0.4, -0.2) is 19.7 Å². The third-order valence-corrected chi connectivity index (χ3v) is 2.75. The first kappa shape index (κ1) is 13.0. The lowest BCUT2D eigenvalue weighted by molar-refractivity contribution is 0.295. The molecular formula is C14H23NO. The fourth-order valence-corrected chi connectivity index (χ4v) is 1.82. The molecule has 1 rings (SSSR count). The molecule has 0 bridgehead atoms. The van der Waals surface area contributed by atoms with Crippen LogP contribution in [0, 0.1) is 0 Å². The third kappa shape index (κ3) is 5.17. The molecule has 0 saturated heterocycles. The van der Waals surface area contributed by atoms with Crippen molar-refractivity contribution in [1.29, 1.82) is 0 Å². The number of para-hydroxylation sites is 1. The highest BCUT2D eigenvalue weighted by molar-refractivity contribution is 5.20. The Bertz CT molecular complexity index is 261. The normalized spacial score (nSPS) is 12.4. The van der Waals surface area contributed by atoms with Crippen LogP contribution in [0.1, 0.15) is 32.6 Å². The average molecular weight is 221 g/mol. The molecule has 0 aliphatic rings. The van der Waals surface area contributed by atoms with Crippen LogP contribution in [0.15, 0.2) is 30.3 Å². The fraction of sp³-hybridized carbons (Fsp3) is 0.571. The van der Waals surface area contributed by atoms with Gasteiger partial charge in [0.2, 0.25) is 0 Å². The molecule has 1 aromatic carbocycles. The van der Waals surface area contributed by atoms with Crippen molar-refractivity contribution >= 4 is 0 Å². The second-order valence-corrected chi connectivity index (χ2v) is 4.08. The lowest BCUT2D eigenvalue weighted by Gasteiger charge is -2.15. The first-order valence-electron chi connectivity index (χ1n) is 6.22. The van der Waals surface area contributed by atoms with Crippen LogP contribution in [0.3, 0.4) is 0 Å². The summed E-state index contributed by atoms with van der Waals surface area (Å²) < 4.78 is 5.65. The van der Waals surface area contributed by atoms with Crippen LogP contribution >= 0.6 is 0 Å². The summed E-state index contributed by atoms with van der Waals surface area (Å²) in [6.07, 6.45) is 4.80. The van der Waals surface area contributed by atoms with Gasteiger partial charge in [-0.3, -0.25) is 0 Å². The van der Waals surface area contributed by atoms with Gasteiger partial charge in [0, 0.05) is 6.04 Å². The molecule has 0 aromatic heterocycles. The van der Waals surface area contributed by atoms with Crippen molar-refractivity contribution in [2.75, 3.05) is 13.7 Å². The largest absolute Gasteiger partial charge is 0.494 e. The highest BCUT2D eigenvalue weighted by Gasteiger charge is 2.03. The zero-order valence-electron chi connectivity index (χ0n) is 10.4. The topological polar surface area (TPSA) is 21.3 Å². The summed E-state index contributed by atoms with van der Waals surface area (Å²) in [7, 11) is 2.04. The van der Waals surface area contributed by atoms with E-state index < -0.39 is 0 Å². The molecule has 2 nitrogen and oxygen atoms in total. The van der Waals surface area contributed by atoms with E-state index in [0.717, 1.165) is 18.8 Å². The molecule has 2 heteroatoms. The zero-order valence-corrected chi connectivity index (χ0v) is 10.4. The molecule has 0 spiro atoms. The molecule has 0 aliphatic carbocycles. The van der Waals surface area contributed by atoms with Gasteiger partial charge in [0.05, 0.1) is 6.61 Å². The van der Waals surface area contributed by atoms with E-state index in [0.29, 0.717) is 6.04 Å². The zero-order chi connectivity index (χ0) is 11.6. The van der Waals surface area contributed by atoms with E-state index in [-0.39, 0.29) is 0 Å². The van der Waals surface area contributed by atoms with Gasteiger partial charge in [-0.2, -0.15) is 0 Å². The Morgan fingerprint density at radius 3 is 2.56 bits per heavy atom. The molecule has 1 N–H and O–H groups in total. The van der Waals surface area contributed by atoms with Crippen LogP contribution in [0.4, 0.5) is 0 Å². The Kier molecular flexibility index (Phi) is 6.66. The van der Waals surface area contributed by atoms with E-state index in [1.807, 2.05) is 37.4 Å². The van der Waals surface area contributed by atoms with Gasteiger partial charge in [-0.1, -0.05) is 31.5 Å². The average Bonchev–Trinajstić information content (AvgIpc) is 2.34.